The Morgan fingerprint density at radius 3 is 2.19 bits per heavy atom. The number of nitrogens with zero attached hydrogens (tertiary/aromatic N) is 3. The third-order valence-corrected chi connectivity index (χ3v) is 10.8. The number of piperidine rings is 1. The van der Waals surface area contributed by atoms with Crippen molar-refractivity contribution in [1.82, 2.24) is 13.5 Å². The molecule has 0 spiro atoms. The van der Waals surface area contributed by atoms with Crippen LogP contribution >= 0.6 is 11.6 Å². The average Bonchev–Trinajstić information content (AvgIpc) is 2.88. The molecular formula is C26H36ClN3O5S2. The van der Waals surface area contributed by atoms with E-state index in [2.05, 4.69) is 0 Å². The average molecular weight is 570 g/mol. The smallest absolute Gasteiger partial charge is 0.243 e. The summed E-state index contributed by atoms with van der Waals surface area (Å²) in [5, 5.41) is 0.463. The van der Waals surface area contributed by atoms with Crippen molar-refractivity contribution in [3.8, 4) is 0 Å². The molecule has 204 valence electrons. The molecule has 1 heterocycles. The summed E-state index contributed by atoms with van der Waals surface area (Å²) in [5.41, 5.74) is 2.02. The molecule has 1 aliphatic rings. The predicted octanol–water partition coefficient (Wildman–Crippen LogP) is 3.89. The lowest BCUT2D eigenvalue weighted by Crippen LogP contribution is -2.51. The minimum Gasteiger partial charge on any atom is -0.334 e. The van der Waals surface area contributed by atoms with E-state index in [1.54, 1.807) is 24.0 Å². The first-order chi connectivity index (χ1) is 17.5. The van der Waals surface area contributed by atoms with Crippen LogP contribution < -0.4 is 0 Å². The first kappa shape index (κ1) is 29.6. The Morgan fingerprint density at radius 2 is 1.62 bits per heavy atom. The van der Waals surface area contributed by atoms with Gasteiger partial charge in [-0.3, -0.25) is 4.79 Å². The van der Waals surface area contributed by atoms with Gasteiger partial charge in [0.05, 0.1) is 17.2 Å². The predicted molar refractivity (Wildman–Crippen MR) is 146 cm³/mol. The molecule has 0 N–H and O–H groups in total. The Kier molecular flexibility index (Phi) is 10.2. The van der Waals surface area contributed by atoms with Crippen molar-refractivity contribution in [2.45, 2.75) is 57.5 Å². The monoisotopic (exact) mass is 569 g/mol. The number of hydrogen-bond donors (Lipinski definition) is 0. The first-order valence-corrected chi connectivity index (χ1v) is 16.0. The van der Waals surface area contributed by atoms with E-state index in [0.717, 1.165) is 11.1 Å². The topological polar surface area (TPSA) is 95.1 Å². The molecule has 1 saturated heterocycles. The first-order valence-electron chi connectivity index (χ1n) is 12.6. The summed E-state index contributed by atoms with van der Waals surface area (Å²) >= 11 is 5.91. The van der Waals surface area contributed by atoms with Crippen molar-refractivity contribution in [2.24, 2.45) is 0 Å². The molecule has 1 amide bonds. The summed E-state index contributed by atoms with van der Waals surface area (Å²) in [6.07, 6.45) is 1.52. The normalized spacial score (nSPS) is 15.7. The molecule has 11 heteroatoms. The highest BCUT2D eigenvalue weighted by atomic mass is 35.5. The number of halogens is 1. The minimum absolute atomic E-state index is 0.0704. The van der Waals surface area contributed by atoms with Gasteiger partial charge in [0.25, 0.3) is 0 Å². The van der Waals surface area contributed by atoms with E-state index < -0.39 is 20.0 Å². The molecule has 0 saturated carbocycles. The van der Waals surface area contributed by atoms with Gasteiger partial charge in [0.1, 0.15) is 0 Å². The van der Waals surface area contributed by atoms with Crippen LogP contribution in [0.2, 0.25) is 5.02 Å². The largest absolute Gasteiger partial charge is 0.334 e. The van der Waals surface area contributed by atoms with E-state index in [0.29, 0.717) is 30.8 Å². The van der Waals surface area contributed by atoms with Crippen molar-refractivity contribution >= 4 is 37.6 Å². The number of carbonyl (C=O) groups excluding carboxylic acids is 1. The second kappa shape index (κ2) is 12.7. The standard InChI is InChI=1S/C26H36ClN3O5S2/c1-4-16-29(36(32,33)5-2)20-26(31)30(19-22-9-7-6-8-21(22)3)24-14-17-28(18-15-24)37(34,35)25-12-10-23(27)11-13-25/h6-13,24H,4-5,14-20H2,1-3H3. The van der Waals surface area contributed by atoms with E-state index in [1.165, 1.54) is 20.7 Å². The number of rotatable bonds is 11. The SMILES string of the molecule is CCCN(CC(=O)N(Cc1ccccc1C)C1CCN(S(=O)(=O)c2ccc(Cl)cc2)CC1)S(=O)(=O)CC. The Morgan fingerprint density at radius 1 is 1.00 bits per heavy atom. The number of carbonyl (C=O) groups is 1. The molecule has 0 aliphatic carbocycles. The fraction of sp³-hybridized carbons (Fsp3) is 0.500. The van der Waals surface area contributed by atoms with Crippen LogP contribution in [0.4, 0.5) is 0 Å². The molecule has 0 bridgehead atoms. The molecule has 1 aliphatic heterocycles. The molecule has 1 fully saturated rings. The summed E-state index contributed by atoms with van der Waals surface area (Å²) in [6, 6.07) is 13.7. The third-order valence-electron chi connectivity index (χ3n) is 6.78. The number of sulfonamides is 2. The Labute approximate surface area is 226 Å². The lowest BCUT2D eigenvalue weighted by atomic mass is 10.0. The van der Waals surface area contributed by atoms with Crippen LogP contribution in [0.1, 0.15) is 44.2 Å². The molecule has 8 nitrogen and oxygen atoms in total. The maximum absolute atomic E-state index is 13.6. The van der Waals surface area contributed by atoms with Crippen molar-refractivity contribution in [3.05, 3.63) is 64.7 Å². The molecule has 0 radical (unpaired) electrons. The molecule has 0 atom stereocenters. The quantitative estimate of drug-likeness (QED) is 0.409. The van der Waals surface area contributed by atoms with Crippen molar-refractivity contribution in [2.75, 3.05) is 31.9 Å². The summed E-state index contributed by atoms with van der Waals surface area (Å²) in [4.78, 5) is 15.5. The van der Waals surface area contributed by atoms with E-state index in [9.17, 15) is 21.6 Å². The van der Waals surface area contributed by atoms with Crippen LogP contribution in [-0.2, 0) is 31.4 Å². The molecule has 2 aromatic carbocycles. The molecule has 0 aromatic heterocycles. The zero-order valence-corrected chi connectivity index (χ0v) is 24.0. The van der Waals surface area contributed by atoms with Gasteiger partial charge in [0.15, 0.2) is 0 Å². The Balaban J connectivity index is 1.81. The number of aryl methyl sites for hydroxylation is 1. The van der Waals surface area contributed by atoms with Gasteiger partial charge in [0, 0.05) is 37.2 Å². The molecule has 0 unspecified atom stereocenters. The summed E-state index contributed by atoms with van der Waals surface area (Å²) < 4.78 is 54.2. The van der Waals surface area contributed by atoms with Gasteiger partial charge < -0.3 is 4.90 Å². The molecule has 2 aromatic rings. The Hall–Kier alpha value is -1.98. The highest BCUT2D eigenvalue weighted by Crippen LogP contribution is 2.26. The van der Waals surface area contributed by atoms with Gasteiger partial charge in [0.2, 0.25) is 26.0 Å². The van der Waals surface area contributed by atoms with Crippen molar-refractivity contribution in [1.29, 1.82) is 0 Å². The van der Waals surface area contributed by atoms with E-state index in [1.807, 2.05) is 38.1 Å². The van der Waals surface area contributed by atoms with Gasteiger partial charge >= 0.3 is 0 Å². The second-order valence-corrected chi connectivity index (χ2v) is 13.9. The van der Waals surface area contributed by atoms with Gasteiger partial charge in [-0.2, -0.15) is 8.61 Å². The summed E-state index contributed by atoms with van der Waals surface area (Å²) in [7, 11) is -7.21. The van der Waals surface area contributed by atoms with Gasteiger partial charge in [-0.05, 0) is 68.5 Å². The fourth-order valence-electron chi connectivity index (χ4n) is 4.53. The van der Waals surface area contributed by atoms with E-state index >= 15 is 0 Å². The van der Waals surface area contributed by atoms with Crippen LogP contribution in [0.3, 0.4) is 0 Å². The van der Waals surface area contributed by atoms with Crippen molar-refractivity contribution in [3.63, 3.8) is 0 Å². The number of amides is 1. The van der Waals surface area contributed by atoms with E-state index in [-0.39, 0.29) is 48.8 Å². The van der Waals surface area contributed by atoms with Crippen LogP contribution in [-0.4, -0.2) is 74.2 Å². The van der Waals surface area contributed by atoms with Crippen molar-refractivity contribution < 1.29 is 21.6 Å². The van der Waals surface area contributed by atoms with Gasteiger partial charge in [-0.15, -0.1) is 0 Å². The third kappa shape index (κ3) is 7.32. The lowest BCUT2D eigenvalue weighted by molar-refractivity contribution is -0.135. The van der Waals surface area contributed by atoms with Crippen LogP contribution in [0, 0.1) is 6.92 Å². The Bertz CT molecular complexity index is 1280. The van der Waals surface area contributed by atoms with E-state index in [4.69, 9.17) is 11.6 Å². The summed E-state index contributed by atoms with van der Waals surface area (Å²) in [5.74, 6) is -0.341. The zero-order chi connectivity index (χ0) is 27.2. The second-order valence-electron chi connectivity index (χ2n) is 9.27. The van der Waals surface area contributed by atoms with Gasteiger partial charge in [-0.25, -0.2) is 16.8 Å². The summed E-state index contributed by atoms with van der Waals surface area (Å²) in [6.45, 7) is 6.35. The maximum atomic E-state index is 13.6. The van der Waals surface area contributed by atoms with Crippen LogP contribution in [0.25, 0.3) is 0 Å². The molecule has 3 rings (SSSR count). The maximum Gasteiger partial charge on any atom is 0.243 e. The fourth-order valence-corrected chi connectivity index (χ4v) is 7.26. The lowest BCUT2D eigenvalue weighted by Gasteiger charge is -2.39. The molecule has 37 heavy (non-hydrogen) atoms. The number of benzene rings is 2. The zero-order valence-electron chi connectivity index (χ0n) is 21.6. The highest BCUT2D eigenvalue weighted by Gasteiger charge is 2.35. The van der Waals surface area contributed by atoms with Crippen LogP contribution in [0.15, 0.2) is 53.4 Å². The van der Waals surface area contributed by atoms with Gasteiger partial charge in [-0.1, -0.05) is 42.8 Å². The minimum atomic E-state index is -3.68. The van der Waals surface area contributed by atoms with Crippen LogP contribution in [0.5, 0.6) is 0 Å². The molecular weight excluding hydrogens is 534 g/mol. The number of hydrogen-bond acceptors (Lipinski definition) is 5. The highest BCUT2D eigenvalue weighted by molar-refractivity contribution is 7.89.